The summed E-state index contributed by atoms with van der Waals surface area (Å²) < 4.78 is 0. The average Bonchev–Trinajstić information content (AvgIpc) is 2.42. The van der Waals surface area contributed by atoms with E-state index < -0.39 is 0 Å². The number of halogens is 1. The van der Waals surface area contributed by atoms with Crippen molar-refractivity contribution in [1.82, 2.24) is 0 Å². The van der Waals surface area contributed by atoms with Gasteiger partial charge in [0.05, 0.1) is 0 Å². The van der Waals surface area contributed by atoms with Crippen LogP contribution in [0, 0.1) is 6.92 Å². The fourth-order valence-electron chi connectivity index (χ4n) is 2.18. The Morgan fingerprint density at radius 3 is 2.26 bits per heavy atom. The third-order valence-electron chi connectivity index (χ3n) is 3.50. The Bertz CT molecular complexity index is 546. The maximum absolute atomic E-state index is 6.27. The summed E-state index contributed by atoms with van der Waals surface area (Å²) in [5.74, 6) is 0. The minimum atomic E-state index is 0.0171. The summed E-state index contributed by atoms with van der Waals surface area (Å²) in [6, 6.07) is 14.7. The van der Waals surface area contributed by atoms with Crippen molar-refractivity contribution in [2.75, 3.05) is 0 Å². The van der Waals surface area contributed by atoms with Gasteiger partial charge in [0.25, 0.3) is 0 Å². The van der Waals surface area contributed by atoms with Gasteiger partial charge >= 0.3 is 0 Å². The first-order chi connectivity index (χ1) is 9.10. The molecule has 1 atom stereocenters. The molecule has 0 saturated heterocycles. The number of benzene rings is 2. The molecule has 0 spiro atoms. The molecule has 0 bridgehead atoms. The van der Waals surface area contributed by atoms with Crippen LogP contribution < -0.4 is 5.73 Å². The summed E-state index contributed by atoms with van der Waals surface area (Å²) in [6.45, 7) is 4.17. The van der Waals surface area contributed by atoms with Crippen molar-refractivity contribution in [2.45, 2.75) is 32.7 Å². The van der Waals surface area contributed by atoms with E-state index in [0.717, 1.165) is 29.0 Å². The van der Waals surface area contributed by atoms with Crippen LogP contribution in [0.15, 0.2) is 42.5 Å². The smallest absolute Gasteiger partial charge is 0.0435 e. The van der Waals surface area contributed by atoms with E-state index in [1.54, 1.807) is 0 Å². The van der Waals surface area contributed by atoms with Crippen LogP contribution in [-0.2, 0) is 12.8 Å². The highest BCUT2D eigenvalue weighted by molar-refractivity contribution is 6.31. The van der Waals surface area contributed by atoms with Crippen molar-refractivity contribution in [3.8, 4) is 0 Å². The maximum Gasteiger partial charge on any atom is 0.0435 e. The zero-order valence-corrected chi connectivity index (χ0v) is 12.2. The Hall–Kier alpha value is -1.31. The normalized spacial score (nSPS) is 12.4. The quantitative estimate of drug-likeness (QED) is 0.875. The highest BCUT2D eigenvalue weighted by Crippen LogP contribution is 2.22. The molecule has 0 saturated carbocycles. The summed E-state index contributed by atoms with van der Waals surface area (Å²) in [5.41, 5.74) is 11.1. The first kappa shape index (κ1) is 14.1. The lowest BCUT2D eigenvalue weighted by atomic mass is 9.97. The third kappa shape index (κ3) is 3.59. The van der Waals surface area contributed by atoms with Gasteiger partial charge in [0.15, 0.2) is 0 Å². The molecule has 0 aliphatic carbocycles. The van der Waals surface area contributed by atoms with Crippen LogP contribution in [0.2, 0.25) is 5.02 Å². The molecule has 2 aromatic rings. The van der Waals surface area contributed by atoms with Gasteiger partial charge in [-0.1, -0.05) is 54.9 Å². The lowest BCUT2D eigenvalue weighted by Gasteiger charge is -2.13. The average molecular weight is 274 g/mol. The fourth-order valence-corrected chi connectivity index (χ4v) is 2.30. The number of hydrogen-bond donors (Lipinski definition) is 1. The molecule has 0 heterocycles. The van der Waals surface area contributed by atoms with Crippen LogP contribution >= 0.6 is 11.6 Å². The standard InChI is InChI=1S/C17H20ClN/c1-3-13-4-6-14(7-5-13)11-17(19)15-8-9-16(18)12(2)10-15/h4-10,17H,3,11,19H2,1-2H3. The zero-order chi connectivity index (χ0) is 13.8. The summed E-state index contributed by atoms with van der Waals surface area (Å²) in [7, 11) is 0. The molecule has 1 unspecified atom stereocenters. The van der Waals surface area contributed by atoms with Crippen LogP contribution in [0.5, 0.6) is 0 Å². The molecule has 0 aliphatic heterocycles. The molecule has 1 nitrogen and oxygen atoms in total. The highest BCUT2D eigenvalue weighted by atomic mass is 35.5. The Kier molecular flexibility index (Phi) is 4.62. The first-order valence-corrected chi connectivity index (χ1v) is 7.07. The monoisotopic (exact) mass is 273 g/mol. The van der Waals surface area contributed by atoms with Gasteiger partial charge in [-0.05, 0) is 48.1 Å². The Morgan fingerprint density at radius 1 is 1.05 bits per heavy atom. The van der Waals surface area contributed by atoms with Crippen LogP contribution in [0.1, 0.15) is 35.2 Å². The van der Waals surface area contributed by atoms with Crippen LogP contribution in [0.25, 0.3) is 0 Å². The molecule has 0 aliphatic rings. The molecule has 0 amide bonds. The number of hydrogen-bond acceptors (Lipinski definition) is 1. The van der Waals surface area contributed by atoms with Crippen molar-refractivity contribution < 1.29 is 0 Å². The number of aryl methyl sites for hydroxylation is 2. The van der Waals surface area contributed by atoms with Gasteiger partial charge in [-0.3, -0.25) is 0 Å². The van der Waals surface area contributed by atoms with E-state index in [4.69, 9.17) is 17.3 Å². The summed E-state index contributed by atoms with van der Waals surface area (Å²) in [5, 5.41) is 0.795. The number of rotatable bonds is 4. The molecule has 2 rings (SSSR count). The zero-order valence-electron chi connectivity index (χ0n) is 11.5. The number of nitrogens with two attached hydrogens (primary N) is 1. The lowest BCUT2D eigenvalue weighted by molar-refractivity contribution is 0.721. The second-order valence-electron chi connectivity index (χ2n) is 4.99. The molecular formula is C17H20ClN. The minimum absolute atomic E-state index is 0.0171. The fraction of sp³-hybridized carbons (Fsp3) is 0.294. The van der Waals surface area contributed by atoms with E-state index in [1.807, 2.05) is 19.1 Å². The van der Waals surface area contributed by atoms with E-state index in [1.165, 1.54) is 11.1 Å². The molecule has 2 heteroatoms. The van der Waals surface area contributed by atoms with Gasteiger partial charge in [0, 0.05) is 11.1 Å². The second-order valence-corrected chi connectivity index (χ2v) is 5.40. The molecule has 0 aromatic heterocycles. The Balaban J connectivity index is 2.10. The molecular weight excluding hydrogens is 254 g/mol. The minimum Gasteiger partial charge on any atom is -0.324 e. The summed E-state index contributed by atoms with van der Waals surface area (Å²) in [4.78, 5) is 0. The van der Waals surface area contributed by atoms with Crippen molar-refractivity contribution >= 4 is 11.6 Å². The first-order valence-electron chi connectivity index (χ1n) is 6.69. The van der Waals surface area contributed by atoms with Gasteiger partial charge in [-0.15, -0.1) is 0 Å². The van der Waals surface area contributed by atoms with Gasteiger partial charge in [0.2, 0.25) is 0 Å². The van der Waals surface area contributed by atoms with Crippen molar-refractivity contribution in [3.63, 3.8) is 0 Å². The maximum atomic E-state index is 6.27. The topological polar surface area (TPSA) is 26.0 Å². The van der Waals surface area contributed by atoms with Crippen LogP contribution in [-0.4, -0.2) is 0 Å². The van der Waals surface area contributed by atoms with Crippen LogP contribution in [0.4, 0.5) is 0 Å². The molecule has 100 valence electrons. The third-order valence-corrected chi connectivity index (χ3v) is 3.92. The molecule has 0 radical (unpaired) electrons. The van der Waals surface area contributed by atoms with E-state index in [2.05, 4.69) is 37.3 Å². The van der Waals surface area contributed by atoms with E-state index >= 15 is 0 Å². The predicted octanol–water partition coefficient (Wildman–Crippen LogP) is 4.45. The van der Waals surface area contributed by atoms with E-state index in [9.17, 15) is 0 Å². The summed E-state index contributed by atoms with van der Waals surface area (Å²) in [6.07, 6.45) is 1.92. The lowest BCUT2D eigenvalue weighted by Crippen LogP contribution is -2.13. The SMILES string of the molecule is CCc1ccc(CC(N)c2ccc(Cl)c(C)c2)cc1. The largest absolute Gasteiger partial charge is 0.324 e. The predicted molar refractivity (Wildman–Crippen MR) is 82.6 cm³/mol. The van der Waals surface area contributed by atoms with Gasteiger partial charge in [-0.25, -0.2) is 0 Å². The van der Waals surface area contributed by atoms with E-state index in [0.29, 0.717) is 0 Å². The highest BCUT2D eigenvalue weighted by Gasteiger charge is 2.08. The van der Waals surface area contributed by atoms with E-state index in [-0.39, 0.29) is 6.04 Å². The Labute approximate surface area is 120 Å². The van der Waals surface area contributed by atoms with Crippen molar-refractivity contribution in [1.29, 1.82) is 0 Å². The molecule has 2 N–H and O–H groups in total. The second kappa shape index (κ2) is 6.23. The van der Waals surface area contributed by atoms with Crippen LogP contribution in [0.3, 0.4) is 0 Å². The Morgan fingerprint density at radius 2 is 1.68 bits per heavy atom. The molecule has 2 aromatic carbocycles. The van der Waals surface area contributed by atoms with Crippen molar-refractivity contribution in [3.05, 3.63) is 69.7 Å². The summed E-state index contributed by atoms with van der Waals surface area (Å²) >= 11 is 6.04. The van der Waals surface area contributed by atoms with Gasteiger partial charge in [0.1, 0.15) is 0 Å². The van der Waals surface area contributed by atoms with Crippen molar-refractivity contribution in [2.24, 2.45) is 5.73 Å². The van der Waals surface area contributed by atoms with Gasteiger partial charge in [-0.2, -0.15) is 0 Å². The van der Waals surface area contributed by atoms with Gasteiger partial charge < -0.3 is 5.73 Å². The molecule has 0 fully saturated rings. The molecule has 19 heavy (non-hydrogen) atoms.